The molecule has 1 amide bonds. The van der Waals surface area contributed by atoms with E-state index in [1.807, 2.05) is 20.8 Å². The zero-order valence-corrected chi connectivity index (χ0v) is 12.4. The topological polar surface area (TPSA) is 78.8 Å². The number of hydrogen-bond acceptors (Lipinski definition) is 4. The Morgan fingerprint density at radius 2 is 2.00 bits per heavy atom. The van der Waals surface area contributed by atoms with Crippen molar-refractivity contribution in [3.63, 3.8) is 0 Å². The van der Waals surface area contributed by atoms with Crippen LogP contribution in [0.5, 0.6) is 0 Å². The average Bonchev–Trinajstić information content (AvgIpc) is 2.54. The predicted molar refractivity (Wildman–Crippen MR) is 72.8 cm³/mol. The molecule has 0 aromatic rings. The molecule has 5 heteroatoms. The van der Waals surface area contributed by atoms with Gasteiger partial charge in [-0.3, -0.25) is 0 Å². The van der Waals surface area contributed by atoms with Gasteiger partial charge in [-0.2, -0.15) is 0 Å². The van der Waals surface area contributed by atoms with Crippen molar-refractivity contribution in [2.45, 2.75) is 58.6 Å². The lowest BCUT2D eigenvalue weighted by molar-refractivity contribution is 0.0486. The first-order chi connectivity index (χ1) is 8.71. The summed E-state index contributed by atoms with van der Waals surface area (Å²) in [5.74, 6) is 0.270. The quantitative estimate of drug-likeness (QED) is 0.728. The van der Waals surface area contributed by atoms with Crippen LogP contribution in [-0.2, 0) is 4.74 Å². The van der Waals surface area contributed by atoms with Crippen molar-refractivity contribution in [3.05, 3.63) is 0 Å². The van der Waals surface area contributed by atoms with E-state index in [0.29, 0.717) is 12.8 Å². The Kier molecular flexibility index (Phi) is 5.21. The summed E-state index contributed by atoms with van der Waals surface area (Å²) in [5, 5.41) is 21.5. The lowest BCUT2D eigenvalue weighted by Gasteiger charge is -2.26. The van der Waals surface area contributed by atoms with Crippen LogP contribution in [-0.4, -0.2) is 41.2 Å². The van der Waals surface area contributed by atoms with Gasteiger partial charge in [-0.15, -0.1) is 0 Å². The number of carbonyl (C=O) groups is 1. The van der Waals surface area contributed by atoms with Gasteiger partial charge in [0.05, 0.1) is 0 Å². The molecule has 0 aromatic carbocycles. The van der Waals surface area contributed by atoms with E-state index in [1.165, 1.54) is 0 Å². The van der Waals surface area contributed by atoms with Crippen molar-refractivity contribution in [2.24, 2.45) is 11.3 Å². The molecule has 5 nitrogen and oxygen atoms in total. The Labute approximate surface area is 115 Å². The molecule has 112 valence electrons. The molecule has 3 atom stereocenters. The minimum atomic E-state index is -0.509. The molecule has 2 unspecified atom stereocenters. The summed E-state index contributed by atoms with van der Waals surface area (Å²) >= 11 is 0. The van der Waals surface area contributed by atoms with Crippen LogP contribution in [0.4, 0.5) is 4.79 Å². The molecule has 0 saturated heterocycles. The van der Waals surface area contributed by atoms with E-state index in [-0.39, 0.29) is 30.6 Å². The Hall–Kier alpha value is -0.810. The molecule has 0 aromatic heterocycles. The van der Waals surface area contributed by atoms with E-state index >= 15 is 0 Å². The van der Waals surface area contributed by atoms with Crippen molar-refractivity contribution in [3.8, 4) is 0 Å². The third-order valence-corrected chi connectivity index (χ3v) is 3.77. The third-order valence-electron chi connectivity index (χ3n) is 3.77. The molecule has 0 heterocycles. The summed E-state index contributed by atoms with van der Waals surface area (Å²) in [6, 6.07) is -0.00597. The normalized spacial score (nSPS) is 31.3. The standard InChI is InChI=1S/C14H27NO4/c1-10-7-14(9-17,5-6-16)8-11(10)15-12(18)19-13(2,3)4/h10-11,16-17H,5-9H2,1-4H3,(H,15,18)/t10?,11?,14-/m0/s1. The molecular formula is C14H27NO4. The van der Waals surface area contributed by atoms with Crippen molar-refractivity contribution < 1.29 is 19.7 Å². The van der Waals surface area contributed by atoms with Gasteiger partial charge < -0.3 is 20.3 Å². The highest BCUT2D eigenvalue weighted by Crippen LogP contribution is 2.44. The van der Waals surface area contributed by atoms with E-state index in [1.54, 1.807) is 0 Å². The first-order valence-corrected chi connectivity index (χ1v) is 6.92. The predicted octanol–water partition coefficient (Wildman–Crippen LogP) is 1.67. The van der Waals surface area contributed by atoms with Crippen LogP contribution in [0.1, 0.15) is 47.0 Å². The fraction of sp³-hybridized carbons (Fsp3) is 0.929. The zero-order valence-electron chi connectivity index (χ0n) is 12.4. The second kappa shape index (κ2) is 6.09. The third kappa shape index (κ3) is 4.66. The van der Waals surface area contributed by atoms with Crippen molar-refractivity contribution in [1.82, 2.24) is 5.32 Å². The van der Waals surface area contributed by atoms with Crippen LogP contribution in [0, 0.1) is 11.3 Å². The number of aliphatic hydroxyl groups is 2. The first-order valence-electron chi connectivity index (χ1n) is 6.92. The Morgan fingerprint density at radius 1 is 1.37 bits per heavy atom. The summed E-state index contributed by atoms with van der Waals surface area (Å²) in [4.78, 5) is 11.8. The average molecular weight is 273 g/mol. The van der Waals surface area contributed by atoms with Crippen LogP contribution in [0.15, 0.2) is 0 Å². The molecule has 1 saturated carbocycles. The second-order valence-electron chi connectivity index (χ2n) is 6.77. The van der Waals surface area contributed by atoms with Gasteiger partial charge in [0.1, 0.15) is 5.60 Å². The van der Waals surface area contributed by atoms with Gasteiger partial charge in [-0.05, 0) is 51.4 Å². The second-order valence-corrected chi connectivity index (χ2v) is 6.77. The van der Waals surface area contributed by atoms with E-state index in [4.69, 9.17) is 9.84 Å². The molecule has 1 fully saturated rings. The number of alkyl carbamates (subject to hydrolysis) is 1. The van der Waals surface area contributed by atoms with Gasteiger partial charge in [0, 0.05) is 19.3 Å². The van der Waals surface area contributed by atoms with E-state index in [2.05, 4.69) is 12.2 Å². The molecule has 0 radical (unpaired) electrons. The maximum Gasteiger partial charge on any atom is 0.407 e. The van der Waals surface area contributed by atoms with Crippen molar-refractivity contribution in [1.29, 1.82) is 0 Å². The Bertz CT molecular complexity index is 313. The number of rotatable bonds is 4. The molecule has 19 heavy (non-hydrogen) atoms. The Balaban J connectivity index is 2.58. The molecule has 1 aliphatic rings. The SMILES string of the molecule is CC1C[C@@](CO)(CCO)CC1NC(=O)OC(C)(C)C. The van der Waals surface area contributed by atoms with Gasteiger partial charge >= 0.3 is 6.09 Å². The maximum atomic E-state index is 11.8. The monoisotopic (exact) mass is 273 g/mol. The van der Waals surface area contributed by atoms with E-state index in [9.17, 15) is 9.90 Å². The van der Waals surface area contributed by atoms with Gasteiger partial charge in [-0.25, -0.2) is 4.79 Å². The minimum absolute atomic E-state index is 0.00597. The number of ether oxygens (including phenoxy) is 1. The molecule has 0 spiro atoms. The number of aliphatic hydroxyl groups excluding tert-OH is 2. The molecule has 1 rings (SSSR count). The van der Waals surface area contributed by atoms with Crippen LogP contribution in [0.3, 0.4) is 0 Å². The van der Waals surface area contributed by atoms with Gasteiger partial charge in [0.15, 0.2) is 0 Å². The number of amides is 1. The van der Waals surface area contributed by atoms with E-state index < -0.39 is 11.7 Å². The lowest BCUT2D eigenvalue weighted by atomic mass is 9.83. The lowest BCUT2D eigenvalue weighted by Crippen LogP contribution is -2.40. The van der Waals surface area contributed by atoms with Crippen molar-refractivity contribution in [2.75, 3.05) is 13.2 Å². The van der Waals surface area contributed by atoms with Gasteiger partial charge in [0.2, 0.25) is 0 Å². The van der Waals surface area contributed by atoms with Crippen LogP contribution < -0.4 is 5.32 Å². The van der Waals surface area contributed by atoms with Gasteiger partial charge in [-0.1, -0.05) is 6.92 Å². The highest BCUT2D eigenvalue weighted by Gasteiger charge is 2.43. The summed E-state index contributed by atoms with van der Waals surface area (Å²) in [5.41, 5.74) is -0.779. The fourth-order valence-corrected chi connectivity index (χ4v) is 2.88. The smallest absolute Gasteiger partial charge is 0.407 e. The Morgan fingerprint density at radius 3 is 2.47 bits per heavy atom. The highest BCUT2D eigenvalue weighted by atomic mass is 16.6. The van der Waals surface area contributed by atoms with Crippen LogP contribution in [0.2, 0.25) is 0 Å². The summed E-state index contributed by atoms with van der Waals surface area (Å²) < 4.78 is 5.25. The number of carbonyl (C=O) groups excluding carboxylic acids is 1. The molecule has 0 bridgehead atoms. The summed E-state index contributed by atoms with van der Waals surface area (Å²) in [6.45, 7) is 7.64. The first kappa shape index (κ1) is 16.2. The van der Waals surface area contributed by atoms with Crippen LogP contribution in [0.25, 0.3) is 0 Å². The largest absolute Gasteiger partial charge is 0.444 e. The summed E-state index contributed by atoms with van der Waals surface area (Å²) in [7, 11) is 0. The van der Waals surface area contributed by atoms with Crippen LogP contribution >= 0.6 is 0 Å². The number of hydrogen-bond donors (Lipinski definition) is 3. The molecule has 1 aliphatic carbocycles. The minimum Gasteiger partial charge on any atom is -0.444 e. The van der Waals surface area contributed by atoms with Crippen molar-refractivity contribution >= 4 is 6.09 Å². The number of nitrogens with one attached hydrogen (secondary N) is 1. The fourth-order valence-electron chi connectivity index (χ4n) is 2.88. The summed E-state index contributed by atoms with van der Waals surface area (Å²) in [6.07, 6.45) is 1.65. The maximum absolute atomic E-state index is 11.8. The molecular weight excluding hydrogens is 246 g/mol. The van der Waals surface area contributed by atoms with E-state index in [0.717, 1.165) is 6.42 Å². The molecule has 3 N–H and O–H groups in total. The zero-order chi connectivity index (χ0) is 14.7. The molecule has 0 aliphatic heterocycles. The van der Waals surface area contributed by atoms with Gasteiger partial charge in [0.25, 0.3) is 0 Å². The highest BCUT2D eigenvalue weighted by molar-refractivity contribution is 5.68.